The minimum Gasteiger partial charge on any atom is -0.385 e. The average Bonchev–Trinajstić information content (AvgIpc) is 3.25. The number of halogens is 1. The maximum absolute atomic E-state index is 12.8. The molecule has 1 atom stereocenters. The first-order valence-corrected chi connectivity index (χ1v) is 11.7. The van der Waals surface area contributed by atoms with Crippen LogP contribution in [-0.2, 0) is 13.0 Å². The molecule has 0 unspecified atom stereocenters. The highest BCUT2D eigenvalue weighted by atomic mass is 35.5. The van der Waals surface area contributed by atoms with Gasteiger partial charge in [0.05, 0.1) is 12.2 Å². The van der Waals surface area contributed by atoms with Crippen molar-refractivity contribution in [1.82, 2.24) is 20.4 Å². The highest BCUT2D eigenvalue weighted by Crippen LogP contribution is 2.15. The summed E-state index contributed by atoms with van der Waals surface area (Å²) in [5.41, 5.74) is 3.79. The van der Waals surface area contributed by atoms with Crippen molar-refractivity contribution < 1.29 is 4.79 Å². The predicted molar refractivity (Wildman–Crippen MR) is 133 cm³/mol. The van der Waals surface area contributed by atoms with Crippen LogP contribution in [0.1, 0.15) is 80.2 Å². The van der Waals surface area contributed by atoms with Crippen molar-refractivity contribution in [3.63, 3.8) is 0 Å². The van der Waals surface area contributed by atoms with Crippen LogP contribution in [0.3, 0.4) is 0 Å². The van der Waals surface area contributed by atoms with Crippen molar-refractivity contribution >= 4 is 23.7 Å². The molecule has 0 aliphatic heterocycles. The molecule has 1 heterocycles. The Kier molecular flexibility index (Phi) is 10.5. The third-order valence-corrected chi connectivity index (χ3v) is 5.38. The number of nitrogens with one attached hydrogen (secondary N) is 2. The van der Waals surface area contributed by atoms with Crippen molar-refractivity contribution in [2.75, 3.05) is 7.05 Å². The van der Waals surface area contributed by atoms with Gasteiger partial charge in [0, 0.05) is 36.8 Å². The van der Waals surface area contributed by atoms with E-state index in [1.165, 1.54) is 5.56 Å². The Balaban J connectivity index is 1.97. The molecule has 0 aliphatic carbocycles. The highest BCUT2D eigenvalue weighted by Gasteiger charge is 2.15. The summed E-state index contributed by atoms with van der Waals surface area (Å²) in [6.45, 7) is 8.88. The van der Waals surface area contributed by atoms with Crippen molar-refractivity contribution in [2.45, 2.75) is 71.9 Å². The quantitative estimate of drug-likeness (QED) is 0.320. The maximum Gasteiger partial charge on any atom is 0.253 e. The number of nitrogens with zero attached hydrogens (tertiary/aromatic N) is 3. The molecule has 6 nitrogen and oxygen atoms in total. The normalized spacial score (nSPS) is 13.0. The third kappa shape index (κ3) is 8.15. The zero-order valence-corrected chi connectivity index (χ0v) is 20.6. The maximum atomic E-state index is 12.8. The predicted octanol–water partition coefficient (Wildman–Crippen LogP) is 5.62. The molecule has 32 heavy (non-hydrogen) atoms. The average molecular weight is 458 g/mol. The lowest BCUT2D eigenvalue weighted by molar-refractivity contribution is 0.0783. The number of H-pyrrole nitrogens is 1. The van der Waals surface area contributed by atoms with E-state index in [2.05, 4.69) is 41.3 Å². The molecule has 0 saturated heterocycles. The number of benzene rings is 1. The van der Waals surface area contributed by atoms with Gasteiger partial charge in [-0.15, -0.1) is 0 Å². The summed E-state index contributed by atoms with van der Waals surface area (Å²) in [5, 5.41) is 11.2. The Labute approximate surface area is 197 Å². The lowest BCUT2D eigenvalue weighted by Crippen LogP contribution is -2.27. The Morgan fingerprint density at radius 1 is 1.28 bits per heavy atom. The van der Waals surface area contributed by atoms with Crippen LogP contribution in [-0.4, -0.2) is 40.3 Å². The van der Waals surface area contributed by atoms with E-state index in [9.17, 15) is 4.79 Å². The first-order valence-electron chi connectivity index (χ1n) is 11.4. The molecule has 2 rings (SSSR count). The molecule has 2 aromatic rings. The van der Waals surface area contributed by atoms with Gasteiger partial charge in [0.25, 0.3) is 5.91 Å². The molecule has 0 radical (unpaired) electrons. The zero-order chi connectivity index (χ0) is 23.5. The Hall–Kier alpha value is -2.60. The molecule has 0 saturated carbocycles. The van der Waals surface area contributed by atoms with Gasteiger partial charge in [-0.05, 0) is 48.9 Å². The lowest BCUT2D eigenvalue weighted by Gasteiger charge is -2.18. The number of rotatable bonds is 12. The summed E-state index contributed by atoms with van der Waals surface area (Å²) in [6.07, 6.45) is 7.33. The monoisotopic (exact) mass is 457 g/mol. The second-order valence-corrected chi connectivity index (χ2v) is 8.76. The van der Waals surface area contributed by atoms with E-state index < -0.39 is 0 Å². The molecule has 0 bridgehead atoms. The van der Waals surface area contributed by atoms with Crippen LogP contribution in [0.5, 0.6) is 0 Å². The van der Waals surface area contributed by atoms with Gasteiger partial charge in [-0.3, -0.25) is 9.89 Å². The molecule has 7 heteroatoms. The van der Waals surface area contributed by atoms with Gasteiger partial charge in [0.2, 0.25) is 0 Å². The summed E-state index contributed by atoms with van der Waals surface area (Å²) in [6, 6.07) is 10.1. The van der Waals surface area contributed by atoms with E-state index in [0.717, 1.165) is 37.1 Å². The smallest absolute Gasteiger partial charge is 0.253 e. The van der Waals surface area contributed by atoms with Gasteiger partial charge < -0.3 is 10.2 Å². The molecule has 1 amide bonds. The molecular formula is C25H36ClN5O. The summed E-state index contributed by atoms with van der Waals surface area (Å²) >= 11 is 6.12. The van der Waals surface area contributed by atoms with Crippen LogP contribution in [0.2, 0.25) is 0 Å². The first-order chi connectivity index (χ1) is 15.3. The topological polar surface area (TPSA) is 73.4 Å². The van der Waals surface area contributed by atoms with Crippen LogP contribution < -0.4 is 5.32 Å². The fraction of sp³-hybridized carbons (Fsp3) is 0.480. The Bertz CT molecular complexity index is 901. The standard InChI is InChI=1S/C25H36ClN5O/c1-6-8-21(28-16-24(26)27-13-7-2)14-19-9-11-20(12-10-19)25(32)31(5)17-22-15-23(18(3)4)30-29-22/h9-13,15-16,18,21,28H,6-8,14,17H2,1-5H3,(H,29,30)/b24-16-,27-13-/t21-/m0/s1. The third-order valence-electron chi connectivity index (χ3n) is 5.17. The van der Waals surface area contributed by atoms with Crippen LogP contribution >= 0.6 is 11.6 Å². The van der Waals surface area contributed by atoms with Gasteiger partial charge in [0.15, 0.2) is 0 Å². The highest BCUT2D eigenvalue weighted by molar-refractivity contribution is 6.29. The summed E-state index contributed by atoms with van der Waals surface area (Å²) in [4.78, 5) is 18.7. The largest absolute Gasteiger partial charge is 0.385 e. The molecule has 0 fully saturated rings. The van der Waals surface area contributed by atoms with E-state index in [-0.39, 0.29) is 11.9 Å². The van der Waals surface area contributed by atoms with E-state index in [1.54, 1.807) is 24.4 Å². The van der Waals surface area contributed by atoms with Gasteiger partial charge in [-0.2, -0.15) is 5.10 Å². The number of hydrogen-bond donors (Lipinski definition) is 2. The van der Waals surface area contributed by atoms with Crippen LogP contribution in [0.4, 0.5) is 0 Å². The van der Waals surface area contributed by atoms with E-state index >= 15 is 0 Å². The van der Waals surface area contributed by atoms with Gasteiger partial charge in [-0.1, -0.05) is 57.8 Å². The van der Waals surface area contributed by atoms with Crippen molar-refractivity contribution in [3.8, 4) is 0 Å². The number of carbonyl (C=O) groups excluding carboxylic acids is 1. The van der Waals surface area contributed by atoms with Gasteiger partial charge in [0.1, 0.15) is 5.16 Å². The van der Waals surface area contributed by atoms with Crippen molar-refractivity contribution in [1.29, 1.82) is 0 Å². The van der Waals surface area contributed by atoms with Crippen molar-refractivity contribution in [3.05, 3.63) is 64.2 Å². The van der Waals surface area contributed by atoms with E-state index in [1.807, 2.05) is 37.3 Å². The second-order valence-electron chi connectivity index (χ2n) is 8.37. The molecule has 1 aromatic heterocycles. The van der Waals surface area contributed by atoms with E-state index in [4.69, 9.17) is 11.6 Å². The van der Waals surface area contributed by atoms with Gasteiger partial charge >= 0.3 is 0 Å². The summed E-state index contributed by atoms with van der Waals surface area (Å²) < 4.78 is 0. The summed E-state index contributed by atoms with van der Waals surface area (Å²) in [5.74, 6) is 0.365. The number of aromatic nitrogens is 2. The van der Waals surface area contributed by atoms with Crippen LogP contribution in [0.25, 0.3) is 0 Å². The number of amides is 1. The van der Waals surface area contributed by atoms with Gasteiger partial charge in [-0.25, -0.2) is 4.99 Å². The number of carbonyl (C=O) groups is 1. The fourth-order valence-electron chi connectivity index (χ4n) is 3.36. The van der Waals surface area contributed by atoms with Crippen LogP contribution in [0, 0.1) is 0 Å². The molecule has 0 aliphatic rings. The number of aromatic amines is 1. The Morgan fingerprint density at radius 3 is 2.59 bits per heavy atom. The SMILES string of the molecule is CC/C=N\C(Cl)=C/N[C@@H](CCC)Cc1ccc(C(=O)N(C)Cc2cc(C(C)C)[nH]n2)cc1. The molecular weight excluding hydrogens is 422 g/mol. The zero-order valence-electron chi connectivity index (χ0n) is 19.9. The lowest BCUT2D eigenvalue weighted by atomic mass is 10.0. The number of hydrogen-bond acceptors (Lipinski definition) is 4. The number of aliphatic imine (C=N–C) groups is 1. The fourth-order valence-corrected chi connectivity index (χ4v) is 3.49. The van der Waals surface area contributed by atoms with Crippen LogP contribution in [0.15, 0.2) is 46.7 Å². The molecule has 1 aromatic carbocycles. The molecule has 2 N–H and O–H groups in total. The van der Waals surface area contributed by atoms with E-state index in [0.29, 0.717) is 23.2 Å². The first kappa shape index (κ1) is 25.7. The van der Waals surface area contributed by atoms with Crippen molar-refractivity contribution in [2.24, 2.45) is 4.99 Å². The minimum absolute atomic E-state index is 0.0163. The second kappa shape index (κ2) is 13.1. The molecule has 0 spiro atoms. The summed E-state index contributed by atoms with van der Waals surface area (Å²) in [7, 11) is 1.80. The minimum atomic E-state index is -0.0163. The molecule has 174 valence electrons. The Morgan fingerprint density at radius 2 is 2.00 bits per heavy atom.